The van der Waals surface area contributed by atoms with Crippen LogP contribution >= 0.6 is 0 Å². The molecule has 74 valence electrons. The summed E-state index contributed by atoms with van der Waals surface area (Å²) in [4.78, 5) is 0. The second-order valence-electron chi connectivity index (χ2n) is 2.82. The van der Waals surface area contributed by atoms with Gasteiger partial charge in [-0.25, -0.2) is 0 Å². The molecule has 0 fully saturated rings. The molecule has 3 nitrogen and oxygen atoms in total. The van der Waals surface area contributed by atoms with Crippen LogP contribution in [0.15, 0.2) is 0 Å². The van der Waals surface area contributed by atoms with Gasteiger partial charge in [0, 0.05) is 18.9 Å². The number of hydrogen-bond donors (Lipinski definition) is 1. The first kappa shape index (κ1) is 12.1. The lowest BCUT2D eigenvalue weighted by molar-refractivity contribution is 0.176. The van der Waals surface area contributed by atoms with E-state index in [0.29, 0.717) is 13.2 Å². The highest BCUT2D eigenvalue weighted by Gasteiger charge is 2.39. The summed E-state index contributed by atoms with van der Waals surface area (Å²) in [5, 5.41) is 0. The van der Waals surface area contributed by atoms with Gasteiger partial charge in [-0.3, -0.25) is 0 Å². The van der Waals surface area contributed by atoms with E-state index in [0.717, 1.165) is 6.04 Å². The van der Waals surface area contributed by atoms with Crippen molar-refractivity contribution in [1.82, 2.24) is 0 Å². The van der Waals surface area contributed by atoms with E-state index in [1.807, 2.05) is 20.8 Å². The number of rotatable bonds is 6. The summed E-state index contributed by atoms with van der Waals surface area (Å²) in [6, 6.07) is 0.923. The molecule has 0 bridgehead atoms. The summed E-state index contributed by atoms with van der Waals surface area (Å²) in [7, 11) is -2.07. The Hall–Kier alpha value is 0.0969. The van der Waals surface area contributed by atoms with Crippen molar-refractivity contribution < 1.29 is 8.85 Å². The second-order valence-corrected chi connectivity index (χ2v) is 6.64. The third-order valence-electron chi connectivity index (χ3n) is 1.96. The van der Waals surface area contributed by atoms with E-state index in [1.54, 1.807) is 0 Å². The molecule has 0 spiro atoms. The predicted octanol–water partition coefficient (Wildman–Crippen LogP) is 1.41. The molecule has 0 radical (unpaired) electrons. The van der Waals surface area contributed by atoms with Gasteiger partial charge in [0.15, 0.2) is 0 Å². The van der Waals surface area contributed by atoms with E-state index < -0.39 is 8.56 Å². The Morgan fingerprint density at radius 3 is 1.75 bits per heavy atom. The molecule has 0 amide bonds. The first-order valence-electron chi connectivity index (χ1n) is 4.66. The Morgan fingerprint density at radius 1 is 1.17 bits per heavy atom. The Balaban J connectivity index is 4.28. The van der Waals surface area contributed by atoms with Crippen molar-refractivity contribution in [1.29, 1.82) is 0 Å². The quantitative estimate of drug-likeness (QED) is 0.646. The van der Waals surface area contributed by atoms with Gasteiger partial charge in [-0.15, -0.1) is 0 Å². The average Bonchev–Trinajstić information content (AvgIpc) is 2.03. The van der Waals surface area contributed by atoms with Crippen molar-refractivity contribution in [3.63, 3.8) is 0 Å². The Kier molecular flexibility index (Phi) is 5.74. The standard InChI is InChI=1S/C8H21NO2Si/c1-5-10-12(7-3,8(4)9)11-6-2/h8H,5-7,9H2,1-4H3. The summed E-state index contributed by atoms with van der Waals surface area (Å²) >= 11 is 0. The summed E-state index contributed by atoms with van der Waals surface area (Å²) in [5.74, 6) is 0. The van der Waals surface area contributed by atoms with E-state index >= 15 is 0 Å². The van der Waals surface area contributed by atoms with Crippen LogP contribution in [0, 0.1) is 0 Å². The molecule has 0 aromatic rings. The lowest BCUT2D eigenvalue weighted by atomic mass is 10.8. The smallest absolute Gasteiger partial charge is 0.354 e. The van der Waals surface area contributed by atoms with Crippen LogP contribution in [0.4, 0.5) is 0 Å². The molecule has 12 heavy (non-hydrogen) atoms. The van der Waals surface area contributed by atoms with Crippen LogP contribution in [0.25, 0.3) is 0 Å². The van der Waals surface area contributed by atoms with Crippen molar-refractivity contribution in [3.8, 4) is 0 Å². The van der Waals surface area contributed by atoms with E-state index in [9.17, 15) is 0 Å². The zero-order chi connectivity index (χ0) is 9.61. The molecule has 0 heterocycles. The van der Waals surface area contributed by atoms with Crippen LogP contribution in [0.2, 0.25) is 6.04 Å². The highest BCUT2D eigenvalue weighted by atomic mass is 28.4. The second kappa shape index (κ2) is 5.69. The summed E-state index contributed by atoms with van der Waals surface area (Å²) < 4.78 is 11.3. The topological polar surface area (TPSA) is 44.5 Å². The molecule has 2 N–H and O–H groups in total. The van der Waals surface area contributed by atoms with Gasteiger partial charge in [-0.2, -0.15) is 0 Å². The van der Waals surface area contributed by atoms with Gasteiger partial charge in [0.25, 0.3) is 0 Å². The normalized spacial score (nSPS) is 14.8. The molecule has 0 aliphatic heterocycles. The summed E-state index contributed by atoms with van der Waals surface area (Å²) in [5.41, 5.74) is 5.91. The highest BCUT2D eigenvalue weighted by molar-refractivity contribution is 6.68. The Bertz CT molecular complexity index is 114. The van der Waals surface area contributed by atoms with E-state index in [4.69, 9.17) is 14.6 Å². The molecule has 0 aromatic heterocycles. The first-order valence-corrected chi connectivity index (χ1v) is 6.76. The van der Waals surface area contributed by atoms with E-state index in [1.165, 1.54) is 0 Å². The van der Waals surface area contributed by atoms with Crippen LogP contribution in [-0.2, 0) is 8.85 Å². The van der Waals surface area contributed by atoms with Gasteiger partial charge >= 0.3 is 8.56 Å². The minimum absolute atomic E-state index is 0.0439. The molecule has 1 atom stereocenters. The number of nitrogens with two attached hydrogens (primary N) is 1. The fraction of sp³-hybridized carbons (Fsp3) is 1.00. The van der Waals surface area contributed by atoms with Crippen LogP contribution < -0.4 is 5.73 Å². The fourth-order valence-corrected chi connectivity index (χ4v) is 3.96. The predicted molar refractivity (Wildman–Crippen MR) is 53.1 cm³/mol. The lowest BCUT2D eigenvalue weighted by Gasteiger charge is -2.32. The van der Waals surface area contributed by atoms with Gasteiger partial charge in [-0.1, -0.05) is 6.92 Å². The SMILES string of the molecule is CCO[Si](CC)(OCC)C(C)N. The summed E-state index contributed by atoms with van der Waals surface area (Å²) in [6.07, 6.45) is 0. The molecule has 0 rings (SSSR count). The van der Waals surface area contributed by atoms with Gasteiger partial charge in [0.1, 0.15) is 0 Å². The molecule has 0 saturated carbocycles. The van der Waals surface area contributed by atoms with Gasteiger partial charge in [-0.05, 0) is 26.8 Å². The molecule has 0 saturated heterocycles. The van der Waals surface area contributed by atoms with Crippen molar-refractivity contribution in [2.45, 2.75) is 39.4 Å². The van der Waals surface area contributed by atoms with Crippen molar-refractivity contribution in [2.75, 3.05) is 13.2 Å². The van der Waals surface area contributed by atoms with Gasteiger partial charge < -0.3 is 14.6 Å². The summed E-state index contributed by atoms with van der Waals surface area (Å²) in [6.45, 7) is 9.42. The van der Waals surface area contributed by atoms with Crippen molar-refractivity contribution in [3.05, 3.63) is 0 Å². The maximum atomic E-state index is 5.87. The fourth-order valence-electron chi connectivity index (χ4n) is 1.32. The largest absolute Gasteiger partial charge is 0.394 e. The molecule has 0 aliphatic carbocycles. The van der Waals surface area contributed by atoms with Crippen LogP contribution in [0.3, 0.4) is 0 Å². The average molecular weight is 191 g/mol. The Labute approximate surface area is 76.5 Å². The van der Waals surface area contributed by atoms with E-state index in [-0.39, 0.29) is 5.67 Å². The van der Waals surface area contributed by atoms with Gasteiger partial charge in [0.2, 0.25) is 0 Å². The molecular formula is C8H21NO2Si. The number of hydrogen-bond acceptors (Lipinski definition) is 3. The Morgan fingerprint density at radius 2 is 1.58 bits per heavy atom. The minimum Gasteiger partial charge on any atom is -0.394 e. The maximum absolute atomic E-state index is 5.87. The monoisotopic (exact) mass is 191 g/mol. The highest BCUT2D eigenvalue weighted by Crippen LogP contribution is 2.16. The third-order valence-corrected chi connectivity index (χ3v) is 5.89. The minimum atomic E-state index is -2.07. The van der Waals surface area contributed by atoms with Crippen LogP contribution in [-0.4, -0.2) is 27.4 Å². The molecule has 0 aliphatic rings. The maximum Gasteiger partial charge on any atom is 0.354 e. The first-order chi connectivity index (χ1) is 5.63. The molecule has 0 aromatic carbocycles. The van der Waals surface area contributed by atoms with Gasteiger partial charge in [0.05, 0.1) is 0 Å². The van der Waals surface area contributed by atoms with E-state index in [2.05, 4.69) is 6.92 Å². The third kappa shape index (κ3) is 2.86. The zero-order valence-electron chi connectivity index (χ0n) is 8.59. The molecule has 1 unspecified atom stereocenters. The van der Waals surface area contributed by atoms with Crippen molar-refractivity contribution >= 4 is 8.56 Å². The molecular weight excluding hydrogens is 170 g/mol. The van der Waals surface area contributed by atoms with Crippen molar-refractivity contribution in [2.24, 2.45) is 5.73 Å². The molecule has 4 heteroatoms. The lowest BCUT2D eigenvalue weighted by Crippen LogP contribution is -2.56. The van der Waals surface area contributed by atoms with Crippen LogP contribution in [0.1, 0.15) is 27.7 Å². The zero-order valence-corrected chi connectivity index (χ0v) is 9.59. The van der Waals surface area contributed by atoms with Crippen LogP contribution in [0.5, 0.6) is 0 Å².